The van der Waals surface area contributed by atoms with Crippen molar-refractivity contribution >= 4 is 11.9 Å². The monoisotopic (exact) mass is 265 g/mol. The first-order valence-corrected chi connectivity index (χ1v) is 6.36. The van der Waals surface area contributed by atoms with Gasteiger partial charge in [-0.1, -0.05) is 20.8 Å². The second-order valence-corrected chi connectivity index (χ2v) is 6.09. The quantitative estimate of drug-likeness (QED) is 0.774. The van der Waals surface area contributed by atoms with Gasteiger partial charge in [-0.15, -0.1) is 0 Å². The van der Waals surface area contributed by atoms with Crippen LogP contribution in [0.2, 0.25) is 0 Å². The molecule has 104 valence electrons. The first-order chi connectivity index (χ1) is 8.74. The number of aromatic amines is 1. The highest BCUT2D eigenvalue weighted by Crippen LogP contribution is 2.40. The number of carbonyl (C=O) groups is 2. The molecule has 2 rings (SSSR count). The van der Waals surface area contributed by atoms with Gasteiger partial charge in [-0.25, -0.2) is 9.78 Å². The number of carbonyl (C=O) groups excluding carboxylic acids is 1. The van der Waals surface area contributed by atoms with Crippen LogP contribution in [-0.2, 0) is 10.3 Å². The Labute approximate surface area is 111 Å². The van der Waals surface area contributed by atoms with Crippen LogP contribution in [-0.4, -0.2) is 27.0 Å². The highest BCUT2D eigenvalue weighted by molar-refractivity contribution is 5.85. The summed E-state index contributed by atoms with van der Waals surface area (Å²) in [4.78, 5) is 29.9. The molecule has 1 amide bonds. The van der Waals surface area contributed by atoms with Crippen molar-refractivity contribution < 1.29 is 14.7 Å². The van der Waals surface area contributed by atoms with E-state index in [9.17, 15) is 9.59 Å². The fraction of sp³-hybridized carbons (Fsp3) is 0.615. The molecule has 0 aliphatic heterocycles. The summed E-state index contributed by atoms with van der Waals surface area (Å²) < 4.78 is 0. The Morgan fingerprint density at radius 3 is 2.42 bits per heavy atom. The average Bonchev–Trinajstić information content (AvgIpc) is 2.70. The average molecular weight is 265 g/mol. The Morgan fingerprint density at radius 1 is 1.42 bits per heavy atom. The molecule has 1 saturated carbocycles. The first kappa shape index (κ1) is 13.6. The second kappa shape index (κ2) is 4.36. The third-order valence-corrected chi connectivity index (χ3v) is 3.50. The van der Waals surface area contributed by atoms with Crippen LogP contribution in [0.5, 0.6) is 0 Å². The second-order valence-electron chi connectivity index (χ2n) is 6.09. The van der Waals surface area contributed by atoms with E-state index in [4.69, 9.17) is 5.11 Å². The molecule has 0 bridgehead atoms. The molecule has 0 atom stereocenters. The third kappa shape index (κ3) is 2.47. The minimum Gasteiger partial charge on any atom is -0.477 e. The molecule has 1 aromatic heterocycles. The van der Waals surface area contributed by atoms with E-state index < -0.39 is 16.9 Å². The molecule has 1 heterocycles. The van der Waals surface area contributed by atoms with Crippen LogP contribution < -0.4 is 5.32 Å². The number of nitrogens with one attached hydrogen (secondary N) is 2. The van der Waals surface area contributed by atoms with Crippen LogP contribution in [0.4, 0.5) is 0 Å². The molecular formula is C13H19N3O3. The van der Waals surface area contributed by atoms with Crippen molar-refractivity contribution in [3.05, 3.63) is 17.7 Å². The van der Waals surface area contributed by atoms with Gasteiger partial charge in [0.15, 0.2) is 0 Å². The van der Waals surface area contributed by atoms with Gasteiger partial charge < -0.3 is 15.4 Å². The van der Waals surface area contributed by atoms with Crippen LogP contribution in [0.25, 0.3) is 0 Å². The van der Waals surface area contributed by atoms with Gasteiger partial charge >= 0.3 is 5.97 Å². The van der Waals surface area contributed by atoms with Crippen LogP contribution in [0, 0.1) is 5.41 Å². The number of imidazole rings is 1. The summed E-state index contributed by atoms with van der Waals surface area (Å²) in [6, 6.07) is 0. The Morgan fingerprint density at radius 2 is 2.05 bits per heavy atom. The number of carboxylic acids is 1. The van der Waals surface area contributed by atoms with Gasteiger partial charge in [-0.05, 0) is 19.3 Å². The van der Waals surface area contributed by atoms with Gasteiger partial charge in [0.05, 0.1) is 11.7 Å². The maximum atomic E-state index is 12.1. The van der Waals surface area contributed by atoms with Crippen molar-refractivity contribution in [2.75, 3.05) is 0 Å². The molecule has 0 saturated heterocycles. The smallest absolute Gasteiger partial charge is 0.353 e. The van der Waals surface area contributed by atoms with Gasteiger partial charge in [0, 0.05) is 5.41 Å². The summed E-state index contributed by atoms with van der Waals surface area (Å²) in [5.41, 5.74) is -0.964. The molecule has 1 fully saturated rings. The number of hydrogen-bond donors (Lipinski definition) is 3. The zero-order valence-corrected chi connectivity index (χ0v) is 11.4. The largest absolute Gasteiger partial charge is 0.477 e. The van der Waals surface area contributed by atoms with Crippen molar-refractivity contribution in [1.82, 2.24) is 15.3 Å². The number of aromatic carboxylic acids is 1. The van der Waals surface area contributed by atoms with E-state index in [2.05, 4.69) is 15.3 Å². The summed E-state index contributed by atoms with van der Waals surface area (Å²) in [5, 5.41) is 11.9. The molecule has 0 radical (unpaired) electrons. The van der Waals surface area contributed by atoms with E-state index in [1.165, 1.54) is 6.20 Å². The highest BCUT2D eigenvalue weighted by Gasteiger charge is 2.44. The van der Waals surface area contributed by atoms with E-state index in [1.54, 1.807) is 0 Å². The highest BCUT2D eigenvalue weighted by atomic mass is 16.4. The summed E-state index contributed by atoms with van der Waals surface area (Å²) in [6.45, 7) is 5.54. The molecular weight excluding hydrogens is 246 g/mol. The summed E-state index contributed by atoms with van der Waals surface area (Å²) >= 11 is 0. The van der Waals surface area contributed by atoms with Gasteiger partial charge in [-0.3, -0.25) is 4.79 Å². The van der Waals surface area contributed by atoms with Crippen LogP contribution in [0.1, 0.15) is 56.3 Å². The molecule has 6 nitrogen and oxygen atoms in total. The number of hydrogen-bond acceptors (Lipinski definition) is 3. The van der Waals surface area contributed by atoms with E-state index in [0.717, 1.165) is 19.3 Å². The van der Waals surface area contributed by atoms with Crippen molar-refractivity contribution in [1.29, 1.82) is 0 Å². The number of rotatable bonds is 3. The van der Waals surface area contributed by atoms with Gasteiger partial charge in [0.2, 0.25) is 5.91 Å². The fourth-order valence-corrected chi connectivity index (χ4v) is 2.03. The number of nitrogens with zero attached hydrogens (tertiary/aromatic N) is 1. The topological polar surface area (TPSA) is 95.1 Å². The summed E-state index contributed by atoms with van der Waals surface area (Å²) in [6.07, 6.45) is 3.84. The van der Waals surface area contributed by atoms with E-state index in [0.29, 0.717) is 5.82 Å². The number of aromatic nitrogens is 2. The lowest BCUT2D eigenvalue weighted by molar-refractivity contribution is -0.132. The van der Waals surface area contributed by atoms with Crippen molar-refractivity contribution in [3.63, 3.8) is 0 Å². The maximum Gasteiger partial charge on any atom is 0.353 e. The normalized spacial score (nSPS) is 17.6. The zero-order valence-electron chi connectivity index (χ0n) is 11.4. The molecule has 0 aromatic carbocycles. The van der Waals surface area contributed by atoms with E-state index in [1.807, 2.05) is 20.8 Å². The molecule has 6 heteroatoms. The third-order valence-electron chi connectivity index (χ3n) is 3.50. The first-order valence-electron chi connectivity index (χ1n) is 6.36. The van der Waals surface area contributed by atoms with Crippen LogP contribution in [0.15, 0.2) is 6.20 Å². The predicted molar refractivity (Wildman–Crippen MR) is 68.7 cm³/mol. The molecule has 19 heavy (non-hydrogen) atoms. The number of carboxylic acid groups (broad SMARTS) is 1. The van der Waals surface area contributed by atoms with Crippen molar-refractivity contribution in [3.8, 4) is 0 Å². The standard InChI is InChI=1S/C13H19N3O3/c1-12(2,3)11(19)16-13(5-4-6-13)10-14-7-8(15-10)9(17)18/h7H,4-6H2,1-3H3,(H,14,15)(H,16,19)(H,17,18). The molecule has 1 aromatic rings. The Balaban J connectivity index is 2.22. The zero-order chi connectivity index (χ0) is 14.3. The molecule has 1 aliphatic carbocycles. The van der Waals surface area contributed by atoms with Crippen molar-refractivity contribution in [2.45, 2.75) is 45.6 Å². The lowest BCUT2D eigenvalue weighted by Gasteiger charge is -2.42. The molecule has 0 unspecified atom stereocenters. The molecule has 3 N–H and O–H groups in total. The van der Waals surface area contributed by atoms with Crippen LogP contribution in [0.3, 0.4) is 0 Å². The number of amides is 1. The van der Waals surface area contributed by atoms with E-state index >= 15 is 0 Å². The Hall–Kier alpha value is -1.85. The summed E-state index contributed by atoms with van der Waals surface area (Å²) in [7, 11) is 0. The van der Waals surface area contributed by atoms with Crippen LogP contribution >= 0.6 is 0 Å². The van der Waals surface area contributed by atoms with E-state index in [-0.39, 0.29) is 11.6 Å². The van der Waals surface area contributed by atoms with Gasteiger partial charge in [0.1, 0.15) is 11.5 Å². The van der Waals surface area contributed by atoms with Crippen molar-refractivity contribution in [2.24, 2.45) is 5.41 Å². The minimum absolute atomic E-state index is 0.0475. The van der Waals surface area contributed by atoms with Gasteiger partial charge in [0.25, 0.3) is 0 Å². The van der Waals surface area contributed by atoms with Gasteiger partial charge in [-0.2, -0.15) is 0 Å². The maximum absolute atomic E-state index is 12.1. The Bertz CT molecular complexity index is 509. The minimum atomic E-state index is -1.05. The molecule has 1 aliphatic rings. The predicted octanol–water partition coefficient (Wildman–Crippen LogP) is 1.65. The molecule has 0 spiro atoms. The number of H-pyrrole nitrogens is 1. The lowest BCUT2D eigenvalue weighted by atomic mass is 9.75. The SMILES string of the molecule is CC(C)(C)C(=O)NC1(c2ncc(C(=O)O)[nH]2)CCC1. The Kier molecular flexibility index (Phi) is 3.12. The summed E-state index contributed by atoms with van der Waals surface area (Å²) in [5.74, 6) is -0.565. The fourth-order valence-electron chi connectivity index (χ4n) is 2.03. The lowest BCUT2D eigenvalue weighted by Crippen LogP contribution is -2.54.